The quantitative estimate of drug-likeness (QED) is 0.861. The first-order chi connectivity index (χ1) is 9.15. The number of aromatic nitrogens is 1. The largest absolute Gasteiger partial charge is 0.352 e. The van der Waals surface area contributed by atoms with Crippen molar-refractivity contribution in [2.75, 3.05) is 26.7 Å². The third-order valence-electron chi connectivity index (χ3n) is 3.67. The minimum Gasteiger partial charge on any atom is -0.352 e. The zero-order valence-electron chi connectivity index (χ0n) is 11.2. The molecule has 0 aliphatic carbocycles. The van der Waals surface area contributed by atoms with Crippen LogP contribution in [-0.2, 0) is 0 Å². The molecular weight excluding hydrogens is 262 g/mol. The lowest BCUT2D eigenvalue weighted by Crippen LogP contribution is -2.32. The van der Waals surface area contributed by atoms with E-state index in [0.29, 0.717) is 10.7 Å². The van der Waals surface area contributed by atoms with Gasteiger partial charge >= 0.3 is 0 Å². The molecular formula is C14H20ClN3O. The van der Waals surface area contributed by atoms with Gasteiger partial charge in [0.05, 0.1) is 0 Å². The van der Waals surface area contributed by atoms with Gasteiger partial charge in [-0.05, 0) is 57.5 Å². The van der Waals surface area contributed by atoms with E-state index >= 15 is 0 Å². The van der Waals surface area contributed by atoms with Gasteiger partial charge in [0.1, 0.15) is 5.15 Å². The lowest BCUT2D eigenvalue weighted by molar-refractivity contribution is 0.0949. The molecule has 4 nitrogen and oxygen atoms in total. The number of hydrogen-bond donors (Lipinski definition) is 1. The molecule has 5 heteroatoms. The summed E-state index contributed by atoms with van der Waals surface area (Å²) < 4.78 is 0. The van der Waals surface area contributed by atoms with Crippen LogP contribution in [0.5, 0.6) is 0 Å². The third kappa shape index (κ3) is 4.48. The number of nitrogens with one attached hydrogen (secondary N) is 1. The topological polar surface area (TPSA) is 45.2 Å². The molecule has 104 valence electrons. The summed E-state index contributed by atoms with van der Waals surface area (Å²) in [4.78, 5) is 18.1. The number of hydrogen-bond acceptors (Lipinski definition) is 3. The second kappa shape index (κ2) is 6.87. The van der Waals surface area contributed by atoms with Gasteiger partial charge < -0.3 is 10.2 Å². The molecule has 1 aromatic heterocycles. The summed E-state index contributed by atoms with van der Waals surface area (Å²) in [5.41, 5.74) is 0.573. The molecule has 19 heavy (non-hydrogen) atoms. The van der Waals surface area contributed by atoms with Crippen molar-refractivity contribution >= 4 is 17.5 Å². The van der Waals surface area contributed by atoms with Gasteiger partial charge in [0.25, 0.3) is 5.91 Å². The van der Waals surface area contributed by atoms with Crippen LogP contribution in [0.3, 0.4) is 0 Å². The third-order valence-corrected chi connectivity index (χ3v) is 3.87. The molecule has 0 bridgehead atoms. The molecule has 2 rings (SSSR count). The van der Waals surface area contributed by atoms with Crippen molar-refractivity contribution in [3.05, 3.63) is 29.0 Å². The Kier molecular flexibility index (Phi) is 5.16. The van der Waals surface area contributed by atoms with E-state index in [9.17, 15) is 4.79 Å². The van der Waals surface area contributed by atoms with E-state index in [1.54, 1.807) is 18.3 Å². The molecule has 0 unspecified atom stereocenters. The lowest BCUT2D eigenvalue weighted by atomic mass is 9.94. The number of piperidine rings is 1. The normalized spacial score (nSPS) is 17.4. The average molecular weight is 282 g/mol. The van der Waals surface area contributed by atoms with Gasteiger partial charge in [0, 0.05) is 18.3 Å². The van der Waals surface area contributed by atoms with Crippen molar-refractivity contribution < 1.29 is 4.79 Å². The minimum atomic E-state index is -0.0720. The molecule has 0 radical (unpaired) electrons. The van der Waals surface area contributed by atoms with Crippen LogP contribution in [0.25, 0.3) is 0 Å². The second-order valence-corrected chi connectivity index (χ2v) is 5.55. The van der Waals surface area contributed by atoms with E-state index in [1.807, 2.05) is 0 Å². The van der Waals surface area contributed by atoms with Gasteiger partial charge in [-0.15, -0.1) is 0 Å². The highest BCUT2D eigenvalue weighted by Crippen LogP contribution is 2.18. The molecule has 1 aromatic rings. The Morgan fingerprint density at radius 2 is 2.26 bits per heavy atom. The van der Waals surface area contributed by atoms with E-state index in [0.717, 1.165) is 18.9 Å². The SMILES string of the molecule is CN1CCC(CCNC(=O)c2ccnc(Cl)c2)CC1. The first-order valence-corrected chi connectivity index (χ1v) is 7.11. The predicted molar refractivity (Wildman–Crippen MR) is 76.4 cm³/mol. The number of rotatable bonds is 4. The van der Waals surface area contributed by atoms with Crippen LogP contribution < -0.4 is 5.32 Å². The summed E-state index contributed by atoms with van der Waals surface area (Å²) in [6, 6.07) is 3.27. The molecule has 1 saturated heterocycles. The summed E-state index contributed by atoms with van der Waals surface area (Å²) in [5.74, 6) is 0.662. The van der Waals surface area contributed by atoms with Gasteiger partial charge in [-0.1, -0.05) is 11.6 Å². The molecule has 0 saturated carbocycles. The monoisotopic (exact) mass is 281 g/mol. The average Bonchev–Trinajstić information content (AvgIpc) is 2.41. The fourth-order valence-corrected chi connectivity index (χ4v) is 2.56. The van der Waals surface area contributed by atoms with Gasteiger partial charge in [0.2, 0.25) is 0 Å². The zero-order valence-corrected chi connectivity index (χ0v) is 12.0. The van der Waals surface area contributed by atoms with Crippen LogP contribution in [0, 0.1) is 5.92 Å². The Morgan fingerprint density at radius 1 is 1.53 bits per heavy atom. The van der Waals surface area contributed by atoms with Crippen LogP contribution in [0.15, 0.2) is 18.3 Å². The minimum absolute atomic E-state index is 0.0720. The predicted octanol–water partition coefficient (Wildman–Crippen LogP) is 2.20. The standard InChI is InChI=1S/C14H20ClN3O/c1-18-8-4-11(5-9-18)2-6-17-14(19)12-3-7-16-13(15)10-12/h3,7,10-11H,2,4-6,8-9H2,1H3,(H,17,19). The zero-order chi connectivity index (χ0) is 13.7. The molecule has 1 aliphatic heterocycles. The Labute approximate surface area is 119 Å². The van der Waals surface area contributed by atoms with E-state index in [1.165, 1.54) is 25.9 Å². The summed E-state index contributed by atoms with van der Waals surface area (Å²) in [7, 11) is 2.16. The maximum absolute atomic E-state index is 11.9. The van der Waals surface area contributed by atoms with Crippen molar-refractivity contribution in [1.29, 1.82) is 0 Å². The number of likely N-dealkylation sites (tertiary alicyclic amines) is 1. The molecule has 2 heterocycles. The van der Waals surface area contributed by atoms with E-state index < -0.39 is 0 Å². The number of carbonyl (C=O) groups excluding carboxylic acids is 1. The smallest absolute Gasteiger partial charge is 0.251 e. The Hall–Kier alpha value is -1.13. The highest BCUT2D eigenvalue weighted by molar-refractivity contribution is 6.29. The van der Waals surface area contributed by atoms with Crippen LogP contribution in [0.1, 0.15) is 29.6 Å². The number of halogens is 1. The van der Waals surface area contributed by atoms with Gasteiger partial charge in [-0.25, -0.2) is 4.98 Å². The van der Waals surface area contributed by atoms with Gasteiger partial charge in [0.15, 0.2) is 0 Å². The fraction of sp³-hybridized carbons (Fsp3) is 0.571. The summed E-state index contributed by atoms with van der Waals surface area (Å²) >= 11 is 5.76. The van der Waals surface area contributed by atoms with Gasteiger partial charge in [-0.3, -0.25) is 4.79 Å². The summed E-state index contributed by atoms with van der Waals surface area (Å²) in [5, 5.41) is 3.30. The summed E-state index contributed by atoms with van der Waals surface area (Å²) in [6.07, 6.45) is 5.06. The van der Waals surface area contributed by atoms with Crippen LogP contribution in [0.4, 0.5) is 0 Å². The van der Waals surface area contributed by atoms with E-state index in [4.69, 9.17) is 11.6 Å². The highest BCUT2D eigenvalue weighted by atomic mass is 35.5. The molecule has 0 spiro atoms. The maximum Gasteiger partial charge on any atom is 0.251 e. The van der Waals surface area contributed by atoms with Crippen molar-refractivity contribution in [3.8, 4) is 0 Å². The summed E-state index contributed by atoms with van der Waals surface area (Å²) in [6.45, 7) is 3.06. The van der Waals surface area contributed by atoms with Crippen molar-refractivity contribution in [1.82, 2.24) is 15.2 Å². The first-order valence-electron chi connectivity index (χ1n) is 6.73. The van der Waals surface area contributed by atoms with Crippen LogP contribution in [0.2, 0.25) is 5.15 Å². The number of amides is 1. The first kappa shape index (κ1) is 14.3. The number of pyridine rings is 1. The lowest BCUT2D eigenvalue weighted by Gasteiger charge is -2.28. The Bertz CT molecular complexity index is 430. The molecule has 1 aliphatic rings. The van der Waals surface area contributed by atoms with E-state index in [2.05, 4.69) is 22.2 Å². The Morgan fingerprint density at radius 3 is 2.95 bits per heavy atom. The maximum atomic E-state index is 11.9. The molecule has 1 N–H and O–H groups in total. The van der Waals surface area contributed by atoms with Crippen molar-refractivity contribution in [3.63, 3.8) is 0 Å². The highest BCUT2D eigenvalue weighted by Gasteiger charge is 2.16. The van der Waals surface area contributed by atoms with Crippen LogP contribution in [-0.4, -0.2) is 42.5 Å². The fourth-order valence-electron chi connectivity index (χ4n) is 2.39. The molecule has 0 aromatic carbocycles. The Balaban J connectivity index is 1.72. The van der Waals surface area contributed by atoms with E-state index in [-0.39, 0.29) is 5.91 Å². The second-order valence-electron chi connectivity index (χ2n) is 5.16. The molecule has 1 amide bonds. The van der Waals surface area contributed by atoms with Crippen molar-refractivity contribution in [2.24, 2.45) is 5.92 Å². The van der Waals surface area contributed by atoms with Gasteiger partial charge in [-0.2, -0.15) is 0 Å². The van der Waals surface area contributed by atoms with Crippen molar-refractivity contribution in [2.45, 2.75) is 19.3 Å². The van der Waals surface area contributed by atoms with Crippen LogP contribution >= 0.6 is 11.6 Å². The number of carbonyl (C=O) groups is 1. The molecule has 0 atom stereocenters. The number of nitrogens with zero attached hydrogens (tertiary/aromatic N) is 2. The molecule has 1 fully saturated rings.